The summed E-state index contributed by atoms with van der Waals surface area (Å²) in [5.74, 6) is -0.817. The zero-order valence-electron chi connectivity index (χ0n) is 13.8. The van der Waals surface area contributed by atoms with Gasteiger partial charge < -0.3 is 9.88 Å². The van der Waals surface area contributed by atoms with Gasteiger partial charge >= 0.3 is 0 Å². The number of nitrogens with zero attached hydrogens (tertiary/aromatic N) is 3. The van der Waals surface area contributed by atoms with Gasteiger partial charge in [-0.05, 0) is 36.8 Å². The Morgan fingerprint density at radius 2 is 2.12 bits per heavy atom. The number of halogens is 1. The lowest BCUT2D eigenvalue weighted by molar-refractivity contribution is -0.385. The number of hydrogen-bond donors (Lipinski definition) is 1. The fourth-order valence-corrected chi connectivity index (χ4v) is 2.56. The molecular formula is C18H15FN4O3. The van der Waals surface area contributed by atoms with E-state index in [-0.39, 0.29) is 18.1 Å². The van der Waals surface area contributed by atoms with Crippen LogP contribution >= 0.6 is 0 Å². The number of nitro benzene ring substituents is 1. The number of carbonyl (C=O) groups is 1. The van der Waals surface area contributed by atoms with Crippen molar-refractivity contribution >= 4 is 11.6 Å². The summed E-state index contributed by atoms with van der Waals surface area (Å²) < 4.78 is 15.8. The molecule has 8 heteroatoms. The highest BCUT2D eigenvalue weighted by molar-refractivity contribution is 5.94. The minimum absolute atomic E-state index is 0.0429. The average Bonchev–Trinajstić information content (AvgIpc) is 3.13. The lowest BCUT2D eigenvalue weighted by atomic mass is 10.1. The van der Waals surface area contributed by atoms with Gasteiger partial charge in [-0.3, -0.25) is 14.9 Å². The van der Waals surface area contributed by atoms with E-state index in [0.29, 0.717) is 22.4 Å². The SMILES string of the molecule is Cc1cc(C(=O)NCc2ccc(-n3ccnc3)c(F)c2)ccc1[N+](=O)[O-]. The molecule has 1 N–H and O–H groups in total. The Kier molecular flexibility index (Phi) is 4.74. The Morgan fingerprint density at radius 1 is 1.31 bits per heavy atom. The molecule has 132 valence electrons. The summed E-state index contributed by atoms with van der Waals surface area (Å²) >= 11 is 0. The number of aromatic nitrogens is 2. The van der Waals surface area contributed by atoms with E-state index in [2.05, 4.69) is 10.3 Å². The van der Waals surface area contributed by atoms with E-state index >= 15 is 0 Å². The number of nitro groups is 1. The van der Waals surface area contributed by atoms with Gasteiger partial charge in [-0.25, -0.2) is 9.37 Å². The van der Waals surface area contributed by atoms with Crippen molar-refractivity contribution in [2.24, 2.45) is 0 Å². The van der Waals surface area contributed by atoms with Gasteiger partial charge in [0.05, 0.1) is 16.9 Å². The van der Waals surface area contributed by atoms with Gasteiger partial charge in [0, 0.05) is 36.1 Å². The zero-order valence-corrected chi connectivity index (χ0v) is 13.8. The van der Waals surface area contributed by atoms with Crippen LogP contribution in [0.3, 0.4) is 0 Å². The molecule has 3 aromatic rings. The third kappa shape index (κ3) is 3.59. The second-order valence-corrected chi connectivity index (χ2v) is 5.70. The predicted octanol–water partition coefficient (Wildman–Crippen LogP) is 3.16. The van der Waals surface area contributed by atoms with Gasteiger partial charge in [-0.2, -0.15) is 0 Å². The summed E-state index contributed by atoms with van der Waals surface area (Å²) in [6.07, 6.45) is 4.69. The van der Waals surface area contributed by atoms with E-state index in [1.54, 1.807) is 36.0 Å². The van der Waals surface area contributed by atoms with Crippen LogP contribution in [0.25, 0.3) is 5.69 Å². The molecule has 2 aromatic carbocycles. The molecule has 0 spiro atoms. The van der Waals surface area contributed by atoms with Crippen LogP contribution in [-0.4, -0.2) is 20.4 Å². The quantitative estimate of drug-likeness (QED) is 0.563. The van der Waals surface area contributed by atoms with Crippen LogP contribution in [0.5, 0.6) is 0 Å². The molecule has 26 heavy (non-hydrogen) atoms. The molecule has 1 aromatic heterocycles. The number of hydrogen-bond acceptors (Lipinski definition) is 4. The first-order chi connectivity index (χ1) is 12.5. The van der Waals surface area contributed by atoms with E-state index < -0.39 is 10.7 Å². The second kappa shape index (κ2) is 7.14. The molecule has 1 amide bonds. The van der Waals surface area contributed by atoms with Crippen molar-refractivity contribution in [1.29, 1.82) is 0 Å². The van der Waals surface area contributed by atoms with Gasteiger partial charge in [0.2, 0.25) is 0 Å². The van der Waals surface area contributed by atoms with Crippen molar-refractivity contribution in [2.75, 3.05) is 0 Å². The molecule has 1 heterocycles. The fourth-order valence-electron chi connectivity index (χ4n) is 2.56. The maximum absolute atomic E-state index is 14.2. The van der Waals surface area contributed by atoms with Crippen molar-refractivity contribution < 1.29 is 14.1 Å². The average molecular weight is 354 g/mol. The molecular weight excluding hydrogens is 339 g/mol. The molecule has 0 saturated heterocycles. The number of amides is 1. The molecule has 7 nitrogen and oxygen atoms in total. The summed E-state index contributed by atoms with van der Waals surface area (Å²) in [5, 5.41) is 13.5. The molecule has 0 aliphatic carbocycles. The summed E-state index contributed by atoms with van der Waals surface area (Å²) in [6, 6.07) is 8.80. The summed E-state index contributed by atoms with van der Waals surface area (Å²) in [7, 11) is 0. The van der Waals surface area contributed by atoms with Crippen LogP contribution in [0.4, 0.5) is 10.1 Å². The van der Waals surface area contributed by atoms with Gasteiger partial charge in [0.15, 0.2) is 0 Å². The highest BCUT2D eigenvalue weighted by Crippen LogP contribution is 2.19. The van der Waals surface area contributed by atoms with Gasteiger partial charge in [-0.1, -0.05) is 6.07 Å². The third-order valence-corrected chi connectivity index (χ3v) is 3.90. The Morgan fingerprint density at radius 3 is 2.73 bits per heavy atom. The lowest BCUT2D eigenvalue weighted by Gasteiger charge is -2.09. The van der Waals surface area contributed by atoms with Gasteiger partial charge in [0.1, 0.15) is 5.82 Å². The van der Waals surface area contributed by atoms with Gasteiger partial charge in [0.25, 0.3) is 11.6 Å². The third-order valence-electron chi connectivity index (χ3n) is 3.90. The van der Waals surface area contributed by atoms with Crippen molar-refractivity contribution in [3.8, 4) is 5.69 Å². The number of aryl methyl sites for hydroxylation is 1. The predicted molar refractivity (Wildman–Crippen MR) is 92.5 cm³/mol. The Labute approximate surface area is 148 Å². The Bertz CT molecular complexity index is 971. The highest BCUT2D eigenvalue weighted by Gasteiger charge is 2.14. The number of nitrogens with one attached hydrogen (secondary N) is 1. The molecule has 3 rings (SSSR count). The number of rotatable bonds is 5. The van der Waals surface area contributed by atoms with Crippen LogP contribution < -0.4 is 5.32 Å². The molecule has 0 aliphatic heterocycles. The maximum atomic E-state index is 14.2. The number of carbonyl (C=O) groups excluding carboxylic acids is 1. The van der Waals surface area contributed by atoms with E-state index in [9.17, 15) is 19.3 Å². The normalized spacial score (nSPS) is 10.5. The van der Waals surface area contributed by atoms with Crippen LogP contribution in [0, 0.1) is 22.9 Å². The Hall–Kier alpha value is -3.55. The van der Waals surface area contributed by atoms with Crippen LogP contribution in [0.2, 0.25) is 0 Å². The molecule has 0 unspecified atom stereocenters. The van der Waals surface area contributed by atoms with E-state index in [1.165, 1.54) is 30.6 Å². The van der Waals surface area contributed by atoms with E-state index in [0.717, 1.165) is 0 Å². The molecule has 0 atom stereocenters. The molecule has 0 saturated carbocycles. The van der Waals surface area contributed by atoms with Crippen molar-refractivity contribution in [3.63, 3.8) is 0 Å². The zero-order chi connectivity index (χ0) is 18.7. The lowest BCUT2D eigenvalue weighted by Crippen LogP contribution is -2.23. The molecule has 0 fully saturated rings. The van der Waals surface area contributed by atoms with Crippen LogP contribution in [-0.2, 0) is 6.54 Å². The monoisotopic (exact) mass is 354 g/mol. The van der Waals surface area contributed by atoms with Crippen molar-refractivity contribution in [3.05, 3.63) is 87.7 Å². The second-order valence-electron chi connectivity index (χ2n) is 5.70. The van der Waals surface area contributed by atoms with Crippen LogP contribution in [0.15, 0.2) is 55.1 Å². The van der Waals surface area contributed by atoms with E-state index in [1.807, 2.05) is 0 Å². The van der Waals surface area contributed by atoms with Gasteiger partial charge in [-0.15, -0.1) is 0 Å². The molecule has 0 bridgehead atoms. The topological polar surface area (TPSA) is 90.1 Å². The standard InChI is InChI=1S/C18H15FN4O3/c1-12-8-14(3-5-16(12)23(25)26)18(24)21-10-13-2-4-17(15(19)9-13)22-7-6-20-11-22/h2-9,11H,10H2,1H3,(H,21,24). The summed E-state index contributed by atoms with van der Waals surface area (Å²) in [6.45, 7) is 1.70. The molecule has 0 aliphatic rings. The smallest absolute Gasteiger partial charge is 0.272 e. The first-order valence-corrected chi connectivity index (χ1v) is 7.75. The minimum Gasteiger partial charge on any atom is -0.348 e. The number of benzene rings is 2. The van der Waals surface area contributed by atoms with E-state index in [4.69, 9.17) is 0 Å². The maximum Gasteiger partial charge on any atom is 0.272 e. The minimum atomic E-state index is -0.498. The largest absolute Gasteiger partial charge is 0.348 e. The summed E-state index contributed by atoms with van der Waals surface area (Å²) in [5.41, 5.74) is 1.63. The highest BCUT2D eigenvalue weighted by atomic mass is 19.1. The fraction of sp³-hybridized carbons (Fsp3) is 0.111. The molecule has 0 radical (unpaired) electrons. The van der Waals surface area contributed by atoms with Crippen molar-refractivity contribution in [1.82, 2.24) is 14.9 Å². The summed E-state index contributed by atoms with van der Waals surface area (Å²) in [4.78, 5) is 26.4. The van der Waals surface area contributed by atoms with Crippen molar-refractivity contribution in [2.45, 2.75) is 13.5 Å². The Balaban J connectivity index is 1.69. The first kappa shape index (κ1) is 17.3. The van der Waals surface area contributed by atoms with Crippen LogP contribution in [0.1, 0.15) is 21.5 Å². The first-order valence-electron chi connectivity index (χ1n) is 7.75. The number of imidazole rings is 1.